The summed E-state index contributed by atoms with van der Waals surface area (Å²) >= 11 is 13.7. The smallest absolute Gasteiger partial charge is 0.196 e. The Kier molecular flexibility index (Phi) is 6.18. The second-order valence-electron chi connectivity index (χ2n) is 7.40. The van der Waals surface area contributed by atoms with E-state index in [0.717, 1.165) is 22.0 Å². The molecule has 5 aromatic rings. The highest BCUT2D eigenvalue weighted by molar-refractivity contribution is 7.99. The number of thioether (sulfide) groups is 1. The largest absolute Gasteiger partial charge is 0.293 e. The SMILES string of the molecule is O=C(CSc1nnc(-c2cccc(Cl)c2)n1-c1ccc(Cl)cc1)c1ccc2ccccc2c1. The topological polar surface area (TPSA) is 47.8 Å². The second-order valence-corrected chi connectivity index (χ2v) is 9.22. The van der Waals surface area contributed by atoms with Gasteiger partial charge in [0.2, 0.25) is 0 Å². The van der Waals surface area contributed by atoms with Crippen LogP contribution in [-0.4, -0.2) is 26.3 Å². The summed E-state index contributed by atoms with van der Waals surface area (Å²) in [5, 5.41) is 12.8. The Morgan fingerprint density at radius 3 is 2.36 bits per heavy atom. The number of benzene rings is 4. The van der Waals surface area contributed by atoms with Gasteiger partial charge in [-0.15, -0.1) is 10.2 Å². The molecular weight excluding hydrogens is 473 g/mol. The fourth-order valence-corrected chi connectivity index (χ4v) is 4.74. The van der Waals surface area contributed by atoms with Gasteiger partial charge in [0.25, 0.3) is 0 Å². The minimum Gasteiger partial charge on any atom is -0.293 e. The zero-order valence-corrected chi connectivity index (χ0v) is 19.6. The molecule has 0 unspecified atom stereocenters. The van der Waals surface area contributed by atoms with E-state index in [9.17, 15) is 4.79 Å². The van der Waals surface area contributed by atoms with Gasteiger partial charge >= 0.3 is 0 Å². The number of halogens is 2. The summed E-state index contributed by atoms with van der Waals surface area (Å²) in [7, 11) is 0. The molecule has 4 aromatic carbocycles. The van der Waals surface area contributed by atoms with Crippen molar-refractivity contribution in [2.24, 2.45) is 0 Å². The Morgan fingerprint density at radius 1 is 0.788 bits per heavy atom. The van der Waals surface area contributed by atoms with Crippen LogP contribution in [0.2, 0.25) is 10.0 Å². The van der Waals surface area contributed by atoms with Crippen LogP contribution in [0.15, 0.2) is 96.2 Å². The predicted molar refractivity (Wildman–Crippen MR) is 136 cm³/mol. The molecule has 0 amide bonds. The number of hydrogen-bond donors (Lipinski definition) is 0. The summed E-state index contributed by atoms with van der Waals surface area (Å²) in [4.78, 5) is 13.0. The van der Waals surface area contributed by atoms with E-state index in [1.165, 1.54) is 11.8 Å². The van der Waals surface area contributed by atoms with Crippen molar-refractivity contribution in [1.82, 2.24) is 14.8 Å². The first-order valence-electron chi connectivity index (χ1n) is 10.2. The number of carbonyl (C=O) groups is 1. The van der Waals surface area contributed by atoms with E-state index in [2.05, 4.69) is 10.2 Å². The third kappa shape index (κ3) is 4.67. The Morgan fingerprint density at radius 2 is 1.58 bits per heavy atom. The first kappa shape index (κ1) is 21.7. The molecule has 0 saturated heterocycles. The first-order valence-corrected chi connectivity index (χ1v) is 11.9. The van der Waals surface area contributed by atoms with Crippen molar-refractivity contribution < 1.29 is 4.79 Å². The molecule has 0 spiro atoms. The van der Waals surface area contributed by atoms with Crippen LogP contribution in [0, 0.1) is 0 Å². The van der Waals surface area contributed by atoms with Gasteiger partial charge in [-0.3, -0.25) is 9.36 Å². The number of hydrogen-bond acceptors (Lipinski definition) is 4. The molecular formula is C26H17Cl2N3OS. The number of aromatic nitrogens is 3. The number of nitrogens with zero attached hydrogens (tertiary/aromatic N) is 3. The third-order valence-electron chi connectivity index (χ3n) is 5.20. The van der Waals surface area contributed by atoms with Gasteiger partial charge in [0, 0.05) is 26.9 Å². The van der Waals surface area contributed by atoms with Gasteiger partial charge in [-0.25, -0.2) is 0 Å². The van der Waals surface area contributed by atoms with Crippen LogP contribution in [0.1, 0.15) is 10.4 Å². The van der Waals surface area contributed by atoms with Crippen LogP contribution in [0.25, 0.3) is 27.8 Å². The van der Waals surface area contributed by atoms with E-state index < -0.39 is 0 Å². The molecule has 1 aromatic heterocycles. The average molecular weight is 490 g/mol. The van der Waals surface area contributed by atoms with Crippen molar-refractivity contribution in [3.63, 3.8) is 0 Å². The lowest BCUT2D eigenvalue weighted by atomic mass is 10.1. The molecule has 4 nitrogen and oxygen atoms in total. The summed E-state index contributed by atoms with van der Waals surface area (Å²) in [6.07, 6.45) is 0. The summed E-state index contributed by atoms with van der Waals surface area (Å²) in [6, 6.07) is 28.6. The molecule has 0 radical (unpaired) electrons. The van der Waals surface area contributed by atoms with Gasteiger partial charge in [0.05, 0.1) is 5.75 Å². The quantitative estimate of drug-likeness (QED) is 0.184. The van der Waals surface area contributed by atoms with Crippen LogP contribution in [-0.2, 0) is 0 Å². The van der Waals surface area contributed by atoms with Gasteiger partial charge in [-0.1, -0.05) is 83.5 Å². The number of carbonyl (C=O) groups excluding carboxylic acids is 1. The minimum absolute atomic E-state index is 0.0284. The Balaban J connectivity index is 1.47. The molecule has 162 valence electrons. The lowest BCUT2D eigenvalue weighted by molar-refractivity contribution is 0.102. The van der Waals surface area contributed by atoms with Gasteiger partial charge in [0.1, 0.15) is 0 Å². The van der Waals surface area contributed by atoms with Gasteiger partial charge < -0.3 is 0 Å². The zero-order chi connectivity index (χ0) is 22.8. The lowest BCUT2D eigenvalue weighted by Gasteiger charge is -2.11. The normalized spacial score (nSPS) is 11.1. The standard InChI is InChI=1S/C26H17Cl2N3OS/c27-21-10-12-23(13-11-21)31-25(20-6-3-7-22(28)15-20)29-30-26(31)33-16-24(32)19-9-8-17-4-1-2-5-18(17)14-19/h1-15H,16H2. The average Bonchev–Trinajstić information content (AvgIpc) is 3.26. The summed E-state index contributed by atoms with van der Waals surface area (Å²) in [6.45, 7) is 0. The van der Waals surface area contributed by atoms with E-state index >= 15 is 0 Å². The predicted octanol–water partition coefficient (Wildman–Crippen LogP) is 7.37. The third-order valence-corrected chi connectivity index (χ3v) is 6.62. The molecule has 0 fully saturated rings. The molecule has 0 atom stereocenters. The van der Waals surface area contributed by atoms with Crippen LogP contribution >= 0.6 is 35.0 Å². The van der Waals surface area contributed by atoms with E-state index in [1.807, 2.05) is 95.6 Å². The molecule has 0 aliphatic carbocycles. The number of Topliss-reactive ketones (excluding diaryl/α,β-unsaturated/α-hetero) is 1. The van der Waals surface area contributed by atoms with Crippen molar-refractivity contribution >= 4 is 51.5 Å². The Hall–Kier alpha value is -3.12. The van der Waals surface area contributed by atoms with E-state index in [0.29, 0.717) is 26.6 Å². The molecule has 33 heavy (non-hydrogen) atoms. The van der Waals surface area contributed by atoms with Crippen LogP contribution < -0.4 is 0 Å². The second kappa shape index (κ2) is 9.40. The molecule has 7 heteroatoms. The molecule has 1 heterocycles. The highest BCUT2D eigenvalue weighted by Crippen LogP contribution is 2.30. The van der Waals surface area contributed by atoms with Crippen LogP contribution in [0.4, 0.5) is 0 Å². The van der Waals surface area contributed by atoms with Gasteiger partial charge in [-0.2, -0.15) is 0 Å². The minimum atomic E-state index is 0.0284. The Bertz CT molecular complexity index is 1460. The van der Waals surface area contributed by atoms with E-state index in [-0.39, 0.29) is 11.5 Å². The molecule has 0 saturated carbocycles. The Labute approximate surface area is 205 Å². The summed E-state index contributed by atoms with van der Waals surface area (Å²) in [5.74, 6) is 0.903. The maximum atomic E-state index is 13.0. The van der Waals surface area contributed by atoms with Gasteiger partial charge in [-0.05, 0) is 53.2 Å². The van der Waals surface area contributed by atoms with Crippen LogP contribution in [0.3, 0.4) is 0 Å². The fraction of sp³-hybridized carbons (Fsp3) is 0.0385. The highest BCUT2D eigenvalue weighted by atomic mass is 35.5. The molecule has 5 rings (SSSR count). The maximum absolute atomic E-state index is 13.0. The highest BCUT2D eigenvalue weighted by Gasteiger charge is 2.18. The molecule has 0 N–H and O–H groups in total. The maximum Gasteiger partial charge on any atom is 0.196 e. The zero-order valence-electron chi connectivity index (χ0n) is 17.3. The molecule has 0 aliphatic rings. The first-order chi connectivity index (χ1) is 16.1. The molecule has 0 bridgehead atoms. The van der Waals surface area contributed by atoms with Crippen molar-refractivity contribution in [1.29, 1.82) is 0 Å². The number of rotatable bonds is 6. The fourth-order valence-electron chi connectivity index (χ4n) is 3.58. The van der Waals surface area contributed by atoms with E-state index in [4.69, 9.17) is 23.2 Å². The summed E-state index contributed by atoms with van der Waals surface area (Å²) < 4.78 is 1.92. The van der Waals surface area contributed by atoms with Crippen molar-refractivity contribution in [2.75, 3.05) is 5.75 Å². The number of fused-ring (bicyclic) bond motifs is 1. The molecule has 0 aliphatic heterocycles. The van der Waals surface area contributed by atoms with E-state index in [1.54, 1.807) is 0 Å². The lowest BCUT2D eigenvalue weighted by Crippen LogP contribution is -2.05. The monoisotopic (exact) mass is 489 g/mol. The van der Waals surface area contributed by atoms with Crippen LogP contribution in [0.5, 0.6) is 0 Å². The van der Waals surface area contributed by atoms with Crippen molar-refractivity contribution in [3.05, 3.63) is 107 Å². The number of ketones is 1. The summed E-state index contributed by atoms with van der Waals surface area (Å²) in [5.41, 5.74) is 2.35. The van der Waals surface area contributed by atoms with Crippen molar-refractivity contribution in [3.8, 4) is 17.1 Å². The van der Waals surface area contributed by atoms with Crippen molar-refractivity contribution in [2.45, 2.75) is 5.16 Å². The van der Waals surface area contributed by atoms with Gasteiger partial charge in [0.15, 0.2) is 16.8 Å².